The van der Waals surface area contributed by atoms with Crippen LogP contribution in [-0.4, -0.2) is 67.0 Å². The minimum Gasteiger partial charge on any atom is -0.480 e. The van der Waals surface area contributed by atoms with Crippen LogP contribution in [0, 0.1) is 0 Å². The third-order valence-corrected chi connectivity index (χ3v) is 4.99. The summed E-state index contributed by atoms with van der Waals surface area (Å²) in [6.45, 7) is 0.564. The van der Waals surface area contributed by atoms with E-state index in [0.717, 1.165) is 5.75 Å². The van der Waals surface area contributed by atoms with Crippen LogP contribution in [0.5, 0.6) is 0 Å². The van der Waals surface area contributed by atoms with E-state index < -0.39 is 15.8 Å². The van der Waals surface area contributed by atoms with Crippen LogP contribution >= 0.6 is 11.8 Å². The van der Waals surface area contributed by atoms with Gasteiger partial charge in [0, 0.05) is 18.3 Å². The number of sulfone groups is 1. The second kappa shape index (κ2) is 5.88. The maximum Gasteiger partial charge on any atom is 0.317 e. The van der Waals surface area contributed by atoms with Crippen LogP contribution in [0.3, 0.4) is 0 Å². The molecule has 1 atom stereocenters. The summed E-state index contributed by atoms with van der Waals surface area (Å²) in [5.74, 6) is 0.219. The Bertz CT molecular complexity index is 341. The monoisotopic (exact) mass is 267 g/mol. The molecule has 0 radical (unpaired) electrons. The summed E-state index contributed by atoms with van der Waals surface area (Å²) in [7, 11) is -2.94. The molecule has 0 amide bonds. The number of hydrogen-bond acceptors (Lipinski definition) is 5. The smallest absolute Gasteiger partial charge is 0.317 e. The molecule has 0 spiro atoms. The molecular formula is C9H17NO4S2. The van der Waals surface area contributed by atoms with Crippen molar-refractivity contribution in [2.24, 2.45) is 0 Å². The van der Waals surface area contributed by atoms with E-state index in [1.165, 1.54) is 0 Å². The number of carboxylic acid groups (broad SMARTS) is 1. The predicted molar refractivity (Wildman–Crippen MR) is 64.6 cm³/mol. The molecule has 0 bridgehead atoms. The van der Waals surface area contributed by atoms with Crippen LogP contribution in [-0.2, 0) is 14.6 Å². The first-order valence-electron chi connectivity index (χ1n) is 5.10. The summed E-state index contributed by atoms with van der Waals surface area (Å²) in [6, 6.07) is -0.117. The Morgan fingerprint density at radius 3 is 2.69 bits per heavy atom. The summed E-state index contributed by atoms with van der Waals surface area (Å²) < 4.78 is 22.7. The highest BCUT2D eigenvalue weighted by molar-refractivity contribution is 7.98. The number of thioether (sulfide) groups is 1. The first-order chi connectivity index (χ1) is 7.44. The van der Waals surface area contributed by atoms with E-state index in [9.17, 15) is 13.2 Å². The minimum absolute atomic E-state index is 0.0687. The van der Waals surface area contributed by atoms with Gasteiger partial charge in [-0.15, -0.1) is 0 Å². The highest BCUT2D eigenvalue weighted by Crippen LogP contribution is 2.17. The van der Waals surface area contributed by atoms with Gasteiger partial charge < -0.3 is 5.11 Å². The average molecular weight is 267 g/mol. The van der Waals surface area contributed by atoms with Gasteiger partial charge >= 0.3 is 5.97 Å². The molecule has 16 heavy (non-hydrogen) atoms. The van der Waals surface area contributed by atoms with Crippen molar-refractivity contribution in [1.82, 2.24) is 4.90 Å². The number of carboxylic acids is 1. The number of aliphatic carboxylic acids is 1. The standard InChI is InChI=1S/C9H17NO4S2/c1-15-4-3-10(6-9(11)12)8-2-5-16(13,14)7-8/h8H,2-7H2,1H3,(H,11,12). The van der Waals surface area contributed by atoms with Crippen LogP contribution in [0.15, 0.2) is 0 Å². The highest BCUT2D eigenvalue weighted by atomic mass is 32.2. The lowest BCUT2D eigenvalue weighted by atomic mass is 10.2. The van der Waals surface area contributed by atoms with Gasteiger partial charge in [0.25, 0.3) is 0 Å². The van der Waals surface area contributed by atoms with E-state index in [4.69, 9.17) is 5.11 Å². The van der Waals surface area contributed by atoms with Gasteiger partial charge in [0.1, 0.15) is 0 Å². The zero-order valence-electron chi connectivity index (χ0n) is 9.26. The van der Waals surface area contributed by atoms with Crippen LogP contribution in [0.4, 0.5) is 0 Å². The van der Waals surface area contributed by atoms with E-state index in [1.54, 1.807) is 16.7 Å². The van der Waals surface area contributed by atoms with E-state index in [-0.39, 0.29) is 24.1 Å². The molecule has 5 nitrogen and oxygen atoms in total. The lowest BCUT2D eigenvalue weighted by Crippen LogP contribution is -2.41. The van der Waals surface area contributed by atoms with Crippen molar-refractivity contribution < 1.29 is 18.3 Å². The Balaban J connectivity index is 2.58. The molecular weight excluding hydrogens is 250 g/mol. The zero-order valence-corrected chi connectivity index (χ0v) is 10.9. The van der Waals surface area contributed by atoms with Crippen molar-refractivity contribution in [3.8, 4) is 0 Å². The maximum atomic E-state index is 11.3. The molecule has 0 aromatic rings. The van der Waals surface area contributed by atoms with Crippen LogP contribution < -0.4 is 0 Å². The molecule has 1 saturated heterocycles. The molecule has 0 aliphatic carbocycles. The van der Waals surface area contributed by atoms with Gasteiger partial charge in [0.2, 0.25) is 0 Å². The molecule has 1 N–H and O–H groups in total. The molecule has 0 saturated carbocycles. The lowest BCUT2D eigenvalue weighted by Gasteiger charge is -2.25. The third-order valence-electron chi connectivity index (χ3n) is 2.65. The molecule has 1 aliphatic heterocycles. The van der Waals surface area contributed by atoms with Crippen molar-refractivity contribution in [2.75, 3.05) is 36.6 Å². The van der Waals surface area contributed by atoms with Crippen LogP contribution in [0.1, 0.15) is 6.42 Å². The number of rotatable bonds is 6. The molecule has 1 heterocycles. The normalized spacial score (nSPS) is 23.8. The minimum atomic E-state index is -2.94. The van der Waals surface area contributed by atoms with Gasteiger partial charge in [-0.1, -0.05) is 0 Å². The largest absolute Gasteiger partial charge is 0.480 e. The topological polar surface area (TPSA) is 74.7 Å². The predicted octanol–water partition coefficient (Wildman–Crippen LogP) is -0.0769. The fourth-order valence-corrected chi connectivity index (χ4v) is 4.02. The third kappa shape index (κ3) is 4.31. The van der Waals surface area contributed by atoms with Gasteiger partial charge in [0.05, 0.1) is 18.1 Å². The Labute approximate surface area is 100 Å². The summed E-state index contributed by atoms with van der Waals surface area (Å²) in [5, 5.41) is 8.78. The Kier molecular flexibility index (Phi) is 5.07. The quantitative estimate of drug-likeness (QED) is 0.726. The fraction of sp³-hybridized carbons (Fsp3) is 0.889. The lowest BCUT2D eigenvalue weighted by molar-refractivity contribution is -0.138. The van der Waals surface area contributed by atoms with Crippen molar-refractivity contribution >= 4 is 27.6 Å². The van der Waals surface area contributed by atoms with E-state index >= 15 is 0 Å². The molecule has 0 aromatic heterocycles. The number of carbonyl (C=O) groups is 1. The van der Waals surface area contributed by atoms with Gasteiger partial charge in [-0.05, 0) is 12.7 Å². The number of nitrogens with zero attached hydrogens (tertiary/aromatic N) is 1. The first-order valence-corrected chi connectivity index (χ1v) is 8.31. The van der Waals surface area contributed by atoms with Gasteiger partial charge in [-0.2, -0.15) is 11.8 Å². The molecule has 1 aliphatic rings. The molecule has 0 aromatic carbocycles. The summed E-state index contributed by atoms with van der Waals surface area (Å²) >= 11 is 1.63. The molecule has 94 valence electrons. The van der Waals surface area contributed by atoms with Gasteiger partial charge in [-0.25, -0.2) is 8.42 Å². The second-order valence-corrected chi connectivity index (χ2v) is 7.13. The molecule has 1 fully saturated rings. The van der Waals surface area contributed by atoms with E-state index in [0.29, 0.717) is 13.0 Å². The van der Waals surface area contributed by atoms with Gasteiger partial charge in [-0.3, -0.25) is 9.69 Å². The van der Waals surface area contributed by atoms with Crippen molar-refractivity contribution in [1.29, 1.82) is 0 Å². The fourth-order valence-electron chi connectivity index (χ4n) is 1.84. The summed E-state index contributed by atoms with van der Waals surface area (Å²) in [5.41, 5.74) is 0. The maximum absolute atomic E-state index is 11.3. The first kappa shape index (κ1) is 13.8. The average Bonchev–Trinajstić information content (AvgIpc) is 2.52. The molecule has 1 rings (SSSR count). The Morgan fingerprint density at radius 2 is 2.25 bits per heavy atom. The second-order valence-electron chi connectivity index (χ2n) is 3.91. The summed E-state index contributed by atoms with van der Waals surface area (Å²) in [6.07, 6.45) is 2.51. The highest BCUT2D eigenvalue weighted by Gasteiger charge is 2.32. The van der Waals surface area contributed by atoms with E-state index in [2.05, 4.69) is 0 Å². The number of hydrogen-bond donors (Lipinski definition) is 1. The van der Waals surface area contributed by atoms with Crippen molar-refractivity contribution in [3.63, 3.8) is 0 Å². The van der Waals surface area contributed by atoms with Crippen molar-refractivity contribution in [3.05, 3.63) is 0 Å². The van der Waals surface area contributed by atoms with Crippen LogP contribution in [0.25, 0.3) is 0 Å². The summed E-state index contributed by atoms with van der Waals surface area (Å²) in [4.78, 5) is 12.5. The Hall–Kier alpha value is -0.270. The molecule has 1 unspecified atom stereocenters. The zero-order chi connectivity index (χ0) is 12.2. The Morgan fingerprint density at radius 1 is 1.56 bits per heavy atom. The SMILES string of the molecule is CSCCN(CC(=O)O)C1CCS(=O)(=O)C1. The van der Waals surface area contributed by atoms with Crippen molar-refractivity contribution in [2.45, 2.75) is 12.5 Å². The van der Waals surface area contributed by atoms with E-state index in [1.807, 2.05) is 6.26 Å². The van der Waals surface area contributed by atoms with Gasteiger partial charge in [0.15, 0.2) is 9.84 Å². The molecule has 7 heteroatoms. The van der Waals surface area contributed by atoms with Crippen LogP contribution in [0.2, 0.25) is 0 Å².